The second-order valence-corrected chi connectivity index (χ2v) is 6.29. The first-order chi connectivity index (χ1) is 11.0. The van der Waals surface area contributed by atoms with Crippen LogP contribution in [0.5, 0.6) is 11.5 Å². The summed E-state index contributed by atoms with van der Waals surface area (Å²) in [5.41, 5.74) is 0.927. The monoisotopic (exact) mass is 317 g/mol. The van der Waals surface area contributed by atoms with Gasteiger partial charge < -0.3 is 14.4 Å². The maximum atomic E-state index is 12.3. The van der Waals surface area contributed by atoms with Gasteiger partial charge in [0.2, 0.25) is 5.91 Å². The van der Waals surface area contributed by atoms with Gasteiger partial charge in [-0.1, -0.05) is 6.07 Å². The number of carbonyl (C=O) groups is 1. The van der Waals surface area contributed by atoms with Crippen LogP contribution >= 0.6 is 0 Å². The summed E-state index contributed by atoms with van der Waals surface area (Å²) in [5, 5.41) is 0. The molecule has 1 aliphatic rings. The topological polar surface area (TPSA) is 38.8 Å². The molecule has 0 N–H and O–H groups in total. The van der Waals surface area contributed by atoms with Gasteiger partial charge in [0.1, 0.15) is 0 Å². The number of hydrogen-bond acceptors (Lipinski definition) is 3. The van der Waals surface area contributed by atoms with Crippen molar-refractivity contribution in [3.05, 3.63) is 29.8 Å². The van der Waals surface area contributed by atoms with E-state index in [1.807, 2.05) is 43.0 Å². The minimum atomic E-state index is 0.0821. The molecule has 0 spiro atoms. The molecule has 1 unspecified atom stereocenters. The SMILES string of the molecule is COc1cc(C=CC(=O)N2CCCCC2C)ccc1OC(C)C. The lowest BCUT2D eigenvalue weighted by molar-refractivity contribution is -0.129. The van der Waals surface area contributed by atoms with Gasteiger partial charge in [-0.15, -0.1) is 0 Å². The number of likely N-dealkylation sites (tertiary alicyclic amines) is 1. The van der Waals surface area contributed by atoms with Crippen LogP contribution in [0.25, 0.3) is 6.08 Å². The van der Waals surface area contributed by atoms with E-state index in [1.54, 1.807) is 13.2 Å². The summed E-state index contributed by atoms with van der Waals surface area (Å²) < 4.78 is 11.1. The van der Waals surface area contributed by atoms with E-state index < -0.39 is 0 Å². The van der Waals surface area contributed by atoms with Gasteiger partial charge in [-0.25, -0.2) is 0 Å². The smallest absolute Gasteiger partial charge is 0.246 e. The number of piperidine rings is 1. The predicted molar refractivity (Wildman–Crippen MR) is 92.8 cm³/mol. The highest BCUT2D eigenvalue weighted by atomic mass is 16.5. The van der Waals surface area contributed by atoms with E-state index in [4.69, 9.17) is 9.47 Å². The molecular weight excluding hydrogens is 290 g/mol. The molecule has 4 nitrogen and oxygen atoms in total. The van der Waals surface area contributed by atoms with Crippen molar-refractivity contribution in [1.29, 1.82) is 0 Å². The number of nitrogens with zero attached hydrogens (tertiary/aromatic N) is 1. The number of ether oxygens (including phenoxy) is 2. The molecule has 1 saturated heterocycles. The molecule has 1 aromatic carbocycles. The highest BCUT2D eigenvalue weighted by Crippen LogP contribution is 2.29. The van der Waals surface area contributed by atoms with Crippen LogP contribution in [0.3, 0.4) is 0 Å². The van der Waals surface area contributed by atoms with Gasteiger partial charge in [-0.2, -0.15) is 0 Å². The Bertz CT molecular complexity index is 566. The number of hydrogen-bond donors (Lipinski definition) is 0. The van der Waals surface area contributed by atoms with E-state index in [9.17, 15) is 4.79 Å². The number of amides is 1. The van der Waals surface area contributed by atoms with Crippen LogP contribution in [-0.4, -0.2) is 36.6 Å². The summed E-state index contributed by atoms with van der Waals surface area (Å²) in [7, 11) is 1.62. The largest absolute Gasteiger partial charge is 0.493 e. The van der Waals surface area contributed by atoms with Gasteiger partial charge in [-0.3, -0.25) is 4.79 Å². The summed E-state index contributed by atoms with van der Waals surface area (Å²) in [6.07, 6.45) is 6.98. The second-order valence-electron chi connectivity index (χ2n) is 6.29. The fraction of sp³-hybridized carbons (Fsp3) is 0.526. The van der Waals surface area contributed by atoms with Crippen molar-refractivity contribution >= 4 is 12.0 Å². The molecule has 1 amide bonds. The quantitative estimate of drug-likeness (QED) is 0.773. The summed E-state index contributed by atoms with van der Waals surface area (Å²) in [6, 6.07) is 6.04. The Morgan fingerprint density at radius 3 is 2.74 bits per heavy atom. The zero-order valence-corrected chi connectivity index (χ0v) is 14.5. The van der Waals surface area contributed by atoms with Gasteiger partial charge >= 0.3 is 0 Å². The summed E-state index contributed by atoms with van der Waals surface area (Å²) in [6.45, 7) is 6.93. The molecule has 4 heteroatoms. The van der Waals surface area contributed by atoms with Crippen molar-refractivity contribution in [2.24, 2.45) is 0 Å². The lowest BCUT2D eigenvalue weighted by Gasteiger charge is -2.32. The zero-order valence-electron chi connectivity index (χ0n) is 14.5. The van der Waals surface area contributed by atoms with E-state index >= 15 is 0 Å². The standard InChI is InChI=1S/C19H27NO3/c1-14(2)23-17-10-8-16(13-18(17)22-4)9-11-19(21)20-12-6-5-7-15(20)3/h8-11,13-15H,5-7,12H2,1-4H3. The molecule has 0 aliphatic carbocycles. The van der Waals surface area contributed by atoms with E-state index in [0.717, 1.165) is 30.7 Å². The summed E-state index contributed by atoms with van der Waals surface area (Å²) in [4.78, 5) is 14.3. The minimum absolute atomic E-state index is 0.0821. The average molecular weight is 317 g/mol. The molecule has 2 rings (SSSR count). The molecule has 1 aliphatic heterocycles. The highest BCUT2D eigenvalue weighted by molar-refractivity contribution is 5.92. The van der Waals surface area contributed by atoms with Crippen molar-refractivity contribution in [2.45, 2.75) is 52.2 Å². The molecule has 0 radical (unpaired) electrons. The fourth-order valence-electron chi connectivity index (χ4n) is 2.83. The molecule has 0 bridgehead atoms. The first-order valence-corrected chi connectivity index (χ1v) is 8.34. The number of rotatable bonds is 5. The van der Waals surface area contributed by atoms with Gasteiger partial charge in [0.25, 0.3) is 0 Å². The molecule has 126 valence electrons. The molecule has 0 aromatic heterocycles. The van der Waals surface area contributed by atoms with Crippen LogP contribution in [0.2, 0.25) is 0 Å². The Kier molecular flexibility index (Phi) is 6.08. The normalized spacial score (nSPS) is 18.5. The summed E-state index contributed by atoms with van der Waals surface area (Å²) in [5.74, 6) is 1.48. The summed E-state index contributed by atoms with van der Waals surface area (Å²) >= 11 is 0. The van der Waals surface area contributed by atoms with E-state index in [-0.39, 0.29) is 12.0 Å². The van der Waals surface area contributed by atoms with Crippen molar-refractivity contribution in [3.63, 3.8) is 0 Å². The van der Waals surface area contributed by atoms with Gasteiger partial charge in [0, 0.05) is 18.7 Å². The first kappa shape index (κ1) is 17.4. The first-order valence-electron chi connectivity index (χ1n) is 8.34. The fourth-order valence-corrected chi connectivity index (χ4v) is 2.83. The number of methoxy groups -OCH3 is 1. The second kappa shape index (κ2) is 8.04. The van der Waals surface area contributed by atoms with E-state index in [1.165, 1.54) is 6.42 Å². The molecule has 1 fully saturated rings. The molecule has 1 heterocycles. The predicted octanol–water partition coefficient (Wildman–Crippen LogP) is 3.90. The third kappa shape index (κ3) is 4.75. The third-order valence-corrected chi connectivity index (χ3v) is 4.05. The molecule has 0 saturated carbocycles. The molecule has 1 aromatic rings. The van der Waals surface area contributed by atoms with Crippen molar-refractivity contribution < 1.29 is 14.3 Å². The van der Waals surface area contributed by atoms with Crippen LogP contribution < -0.4 is 9.47 Å². The van der Waals surface area contributed by atoms with Crippen molar-refractivity contribution in [3.8, 4) is 11.5 Å². The Morgan fingerprint density at radius 2 is 2.09 bits per heavy atom. The van der Waals surface area contributed by atoms with Gasteiger partial charge in [-0.05, 0) is 63.8 Å². The van der Waals surface area contributed by atoms with Crippen LogP contribution in [-0.2, 0) is 4.79 Å². The zero-order chi connectivity index (χ0) is 16.8. The Labute approximate surface area is 139 Å². The Balaban J connectivity index is 2.08. The number of benzene rings is 1. The maximum Gasteiger partial charge on any atom is 0.246 e. The van der Waals surface area contributed by atoms with Crippen LogP contribution in [0.15, 0.2) is 24.3 Å². The lowest BCUT2D eigenvalue weighted by Crippen LogP contribution is -2.41. The Morgan fingerprint density at radius 1 is 1.30 bits per heavy atom. The Hall–Kier alpha value is -1.97. The number of carbonyl (C=O) groups excluding carboxylic acids is 1. The minimum Gasteiger partial charge on any atom is -0.493 e. The van der Waals surface area contributed by atoms with E-state index in [0.29, 0.717) is 11.8 Å². The third-order valence-electron chi connectivity index (χ3n) is 4.05. The van der Waals surface area contributed by atoms with E-state index in [2.05, 4.69) is 6.92 Å². The lowest BCUT2D eigenvalue weighted by atomic mass is 10.0. The van der Waals surface area contributed by atoms with Crippen LogP contribution in [0.1, 0.15) is 45.6 Å². The van der Waals surface area contributed by atoms with Crippen molar-refractivity contribution in [1.82, 2.24) is 4.90 Å². The molecule has 23 heavy (non-hydrogen) atoms. The average Bonchev–Trinajstić information content (AvgIpc) is 2.53. The van der Waals surface area contributed by atoms with Gasteiger partial charge in [0.05, 0.1) is 13.2 Å². The molecule has 1 atom stereocenters. The van der Waals surface area contributed by atoms with Crippen LogP contribution in [0.4, 0.5) is 0 Å². The van der Waals surface area contributed by atoms with Crippen LogP contribution in [0, 0.1) is 0 Å². The van der Waals surface area contributed by atoms with Gasteiger partial charge in [0.15, 0.2) is 11.5 Å². The van der Waals surface area contributed by atoms with Crippen molar-refractivity contribution in [2.75, 3.05) is 13.7 Å². The highest BCUT2D eigenvalue weighted by Gasteiger charge is 2.21. The maximum absolute atomic E-state index is 12.3. The molecular formula is C19H27NO3.